The van der Waals surface area contributed by atoms with E-state index in [-0.39, 0.29) is 29.7 Å². The minimum absolute atomic E-state index is 0.0667. The van der Waals surface area contributed by atoms with Crippen LogP contribution in [0.2, 0.25) is 0 Å². The van der Waals surface area contributed by atoms with Gasteiger partial charge in [0, 0.05) is 13.1 Å². The molecule has 0 radical (unpaired) electrons. The fraction of sp³-hybridized carbons (Fsp3) is 0.278. The van der Waals surface area contributed by atoms with Crippen molar-refractivity contribution >= 4 is 38.7 Å². The second kappa shape index (κ2) is 7.53. The highest BCUT2D eigenvalue weighted by Gasteiger charge is 2.40. The van der Waals surface area contributed by atoms with Crippen LogP contribution >= 0.6 is 11.7 Å². The van der Waals surface area contributed by atoms with Gasteiger partial charge in [-0.3, -0.25) is 4.79 Å². The van der Waals surface area contributed by atoms with Crippen LogP contribution in [0.15, 0.2) is 47.4 Å². The van der Waals surface area contributed by atoms with E-state index in [0.29, 0.717) is 23.9 Å². The first-order valence-corrected chi connectivity index (χ1v) is 10.9. The third-order valence-electron chi connectivity index (χ3n) is 4.72. The second-order valence-corrected chi connectivity index (χ2v) is 8.89. The van der Waals surface area contributed by atoms with Gasteiger partial charge in [0.1, 0.15) is 27.8 Å². The van der Waals surface area contributed by atoms with Crippen molar-refractivity contribution in [2.45, 2.75) is 30.3 Å². The van der Waals surface area contributed by atoms with Gasteiger partial charge in [0.15, 0.2) is 0 Å². The summed E-state index contributed by atoms with van der Waals surface area (Å²) in [5, 5.41) is 2.75. The lowest BCUT2D eigenvalue weighted by Gasteiger charge is -2.23. The Labute approximate surface area is 165 Å². The monoisotopic (exact) mass is 420 g/mol. The lowest BCUT2D eigenvalue weighted by molar-refractivity contribution is -0.124. The average molecular weight is 420 g/mol. The molecule has 1 amide bonds. The molecule has 1 aliphatic heterocycles. The number of halogens is 1. The van der Waals surface area contributed by atoms with Crippen molar-refractivity contribution in [1.82, 2.24) is 18.4 Å². The van der Waals surface area contributed by atoms with Crippen molar-refractivity contribution < 1.29 is 17.6 Å². The molecule has 1 fully saturated rings. The van der Waals surface area contributed by atoms with Gasteiger partial charge in [-0.25, -0.2) is 12.8 Å². The van der Waals surface area contributed by atoms with Gasteiger partial charge in [0.25, 0.3) is 0 Å². The van der Waals surface area contributed by atoms with Crippen molar-refractivity contribution in [2.75, 3.05) is 6.54 Å². The van der Waals surface area contributed by atoms with Gasteiger partial charge < -0.3 is 5.32 Å². The maximum atomic E-state index is 13.2. The topological polar surface area (TPSA) is 92.3 Å². The predicted octanol–water partition coefficient (Wildman–Crippen LogP) is 2.30. The SMILES string of the molecule is O=C(NCc1ccc(F)cc1)C1CCCN1S(=O)(=O)c1cccc2nsnc12. The Kier molecular flexibility index (Phi) is 5.09. The van der Waals surface area contributed by atoms with E-state index in [9.17, 15) is 17.6 Å². The van der Waals surface area contributed by atoms with Crippen LogP contribution in [-0.4, -0.2) is 40.0 Å². The van der Waals surface area contributed by atoms with Crippen LogP contribution in [0.25, 0.3) is 11.0 Å². The zero-order valence-corrected chi connectivity index (χ0v) is 16.3. The fourth-order valence-electron chi connectivity index (χ4n) is 3.31. The molecule has 0 bridgehead atoms. The molecule has 7 nitrogen and oxygen atoms in total. The molecule has 3 aromatic rings. The first-order chi connectivity index (χ1) is 13.5. The smallest absolute Gasteiger partial charge is 0.246 e. The molecule has 28 heavy (non-hydrogen) atoms. The van der Waals surface area contributed by atoms with Crippen molar-refractivity contribution in [3.05, 3.63) is 53.8 Å². The predicted molar refractivity (Wildman–Crippen MR) is 103 cm³/mol. The highest BCUT2D eigenvalue weighted by atomic mass is 32.2. The average Bonchev–Trinajstić information content (AvgIpc) is 3.36. The van der Waals surface area contributed by atoms with Gasteiger partial charge in [-0.05, 0) is 42.7 Å². The minimum Gasteiger partial charge on any atom is -0.351 e. The maximum Gasteiger partial charge on any atom is 0.246 e. The Balaban J connectivity index is 1.54. The number of nitrogens with zero attached hydrogens (tertiary/aromatic N) is 3. The first kappa shape index (κ1) is 18.9. The molecule has 2 heterocycles. The lowest BCUT2D eigenvalue weighted by Crippen LogP contribution is -2.45. The summed E-state index contributed by atoms with van der Waals surface area (Å²) in [4.78, 5) is 12.7. The maximum absolute atomic E-state index is 13.2. The molecular formula is C18H17FN4O3S2. The molecule has 10 heteroatoms. The Hall–Kier alpha value is -2.43. The summed E-state index contributed by atoms with van der Waals surface area (Å²) in [7, 11) is -3.89. The highest BCUT2D eigenvalue weighted by molar-refractivity contribution is 7.89. The Morgan fingerprint density at radius 1 is 1.21 bits per heavy atom. The molecule has 1 N–H and O–H groups in total. The van der Waals surface area contributed by atoms with Crippen LogP contribution in [0.1, 0.15) is 18.4 Å². The van der Waals surface area contributed by atoms with Gasteiger partial charge >= 0.3 is 0 Å². The molecule has 1 aromatic heterocycles. The van der Waals surface area contributed by atoms with Crippen LogP contribution < -0.4 is 5.32 Å². The molecule has 4 rings (SSSR count). The van der Waals surface area contributed by atoms with E-state index in [2.05, 4.69) is 14.1 Å². The van der Waals surface area contributed by atoms with Gasteiger partial charge in [-0.15, -0.1) is 0 Å². The van der Waals surface area contributed by atoms with Crippen LogP contribution in [0.5, 0.6) is 0 Å². The number of rotatable bonds is 5. The molecule has 1 atom stereocenters. The van der Waals surface area contributed by atoms with E-state index < -0.39 is 16.1 Å². The summed E-state index contributed by atoms with van der Waals surface area (Å²) < 4.78 is 48.8. The lowest BCUT2D eigenvalue weighted by atomic mass is 10.2. The Morgan fingerprint density at radius 2 is 2.00 bits per heavy atom. The third kappa shape index (κ3) is 3.50. The van der Waals surface area contributed by atoms with E-state index in [0.717, 1.165) is 17.3 Å². The third-order valence-corrected chi connectivity index (χ3v) is 7.20. The number of amides is 1. The van der Waals surface area contributed by atoms with Crippen LogP contribution in [0.3, 0.4) is 0 Å². The van der Waals surface area contributed by atoms with Gasteiger partial charge in [0.2, 0.25) is 15.9 Å². The van der Waals surface area contributed by atoms with Crippen molar-refractivity contribution in [2.24, 2.45) is 0 Å². The summed E-state index contributed by atoms with van der Waals surface area (Å²) in [5.74, 6) is -0.720. The summed E-state index contributed by atoms with van der Waals surface area (Å²) in [6.45, 7) is 0.472. The van der Waals surface area contributed by atoms with Crippen LogP contribution in [0.4, 0.5) is 4.39 Å². The summed E-state index contributed by atoms with van der Waals surface area (Å²) in [6.07, 6.45) is 1.04. The van der Waals surface area contributed by atoms with E-state index in [1.807, 2.05) is 0 Å². The van der Waals surface area contributed by atoms with Crippen LogP contribution in [0, 0.1) is 5.82 Å². The van der Waals surface area contributed by atoms with E-state index in [1.165, 1.54) is 22.5 Å². The Bertz CT molecular complexity index is 1120. The minimum atomic E-state index is -3.89. The zero-order chi connectivity index (χ0) is 19.7. The molecule has 146 valence electrons. The molecule has 1 aliphatic rings. The second-order valence-electron chi connectivity index (χ2n) is 6.51. The summed E-state index contributed by atoms with van der Waals surface area (Å²) in [6, 6.07) is 9.82. The number of nitrogens with one attached hydrogen (secondary N) is 1. The number of aromatic nitrogens is 2. The van der Waals surface area contributed by atoms with Crippen LogP contribution in [-0.2, 0) is 21.4 Å². The number of fused-ring (bicyclic) bond motifs is 1. The van der Waals surface area contributed by atoms with Crippen molar-refractivity contribution in [3.8, 4) is 0 Å². The van der Waals surface area contributed by atoms with Crippen molar-refractivity contribution in [3.63, 3.8) is 0 Å². The van der Waals surface area contributed by atoms with Gasteiger partial charge in [-0.1, -0.05) is 18.2 Å². The van der Waals surface area contributed by atoms with E-state index in [4.69, 9.17) is 0 Å². The largest absolute Gasteiger partial charge is 0.351 e. The fourth-order valence-corrected chi connectivity index (χ4v) is 5.73. The van der Waals surface area contributed by atoms with Gasteiger partial charge in [0.05, 0.1) is 11.7 Å². The molecular weight excluding hydrogens is 403 g/mol. The molecule has 1 unspecified atom stereocenters. The normalized spacial score (nSPS) is 17.8. The molecule has 0 aliphatic carbocycles. The summed E-state index contributed by atoms with van der Waals surface area (Å²) in [5.41, 5.74) is 1.58. The number of hydrogen-bond donors (Lipinski definition) is 1. The number of carbonyl (C=O) groups excluding carboxylic acids is 1. The van der Waals surface area contributed by atoms with E-state index >= 15 is 0 Å². The zero-order valence-electron chi connectivity index (χ0n) is 14.7. The molecule has 1 saturated heterocycles. The number of carbonyl (C=O) groups is 1. The molecule has 0 saturated carbocycles. The van der Waals surface area contributed by atoms with Crippen molar-refractivity contribution in [1.29, 1.82) is 0 Å². The number of benzene rings is 2. The molecule has 0 spiro atoms. The first-order valence-electron chi connectivity index (χ1n) is 8.72. The molecule has 2 aromatic carbocycles. The van der Waals surface area contributed by atoms with E-state index in [1.54, 1.807) is 24.3 Å². The Morgan fingerprint density at radius 3 is 2.79 bits per heavy atom. The van der Waals surface area contributed by atoms with Gasteiger partial charge in [-0.2, -0.15) is 13.1 Å². The summed E-state index contributed by atoms with van der Waals surface area (Å²) >= 11 is 0.951. The highest BCUT2D eigenvalue weighted by Crippen LogP contribution is 2.30. The number of sulfonamides is 1. The number of hydrogen-bond acceptors (Lipinski definition) is 6. The standard InChI is InChI=1S/C18H17FN4O3S2/c19-13-8-6-12(7-9-13)11-20-18(24)15-4-2-10-23(15)28(25,26)16-5-1-3-14-17(16)22-27-21-14/h1,3,5-9,15H,2,4,10-11H2,(H,20,24). The quantitative estimate of drug-likeness (QED) is 0.684.